The topological polar surface area (TPSA) is 107 Å². The maximum Gasteiger partial charge on any atom is 0.329 e. The average molecular weight is 307 g/mol. The van der Waals surface area contributed by atoms with E-state index < -0.39 is 4.92 Å². The molecule has 0 saturated heterocycles. The third-order valence-electron chi connectivity index (χ3n) is 5.16. The highest BCUT2D eigenvalue weighted by atomic mass is 16.6. The van der Waals surface area contributed by atoms with E-state index in [1.807, 2.05) is 18.9 Å². The van der Waals surface area contributed by atoms with Gasteiger partial charge in [0.1, 0.15) is 6.20 Å². The maximum atomic E-state index is 10.8. The molecule has 8 heteroatoms. The van der Waals surface area contributed by atoms with Crippen molar-refractivity contribution in [3.05, 3.63) is 16.3 Å². The molecule has 0 aromatic carbocycles. The van der Waals surface area contributed by atoms with E-state index in [-0.39, 0.29) is 16.9 Å². The predicted octanol–water partition coefficient (Wildman–Crippen LogP) is 1.75. The summed E-state index contributed by atoms with van der Waals surface area (Å²) >= 11 is 0. The van der Waals surface area contributed by atoms with Gasteiger partial charge in [-0.25, -0.2) is 4.98 Å². The lowest BCUT2D eigenvalue weighted by atomic mass is 9.50. The fraction of sp³-hybridized carbons (Fsp3) is 0.714. The first-order chi connectivity index (χ1) is 10.5. The van der Waals surface area contributed by atoms with Gasteiger partial charge in [0.05, 0.1) is 11.0 Å². The summed E-state index contributed by atoms with van der Waals surface area (Å²) in [5.74, 6) is 0.347. The van der Waals surface area contributed by atoms with Crippen LogP contribution in [0, 0.1) is 15.5 Å². The predicted molar refractivity (Wildman–Crippen MR) is 81.6 cm³/mol. The normalized spacial score (nSPS) is 25.4. The van der Waals surface area contributed by atoms with E-state index in [2.05, 4.69) is 9.97 Å². The highest BCUT2D eigenvalue weighted by molar-refractivity contribution is 5.54. The first kappa shape index (κ1) is 15.0. The smallest absolute Gasteiger partial charge is 0.329 e. The monoisotopic (exact) mass is 307 g/mol. The van der Waals surface area contributed by atoms with Gasteiger partial charge >= 0.3 is 5.69 Å². The van der Waals surface area contributed by atoms with Crippen LogP contribution in [0.15, 0.2) is 6.20 Å². The molecule has 0 radical (unpaired) electrons. The molecule has 2 atom stereocenters. The summed E-state index contributed by atoms with van der Waals surface area (Å²) in [6, 6.07) is 0.304. The van der Waals surface area contributed by atoms with Gasteiger partial charge in [0.2, 0.25) is 11.8 Å². The van der Waals surface area contributed by atoms with Gasteiger partial charge in [-0.15, -0.1) is 0 Å². The maximum absolute atomic E-state index is 10.8. The number of nitrogens with zero attached hydrogens (tertiary/aromatic N) is 4. The van der Waals surface area contributed by atoms with Crippen LogP contribution < -0.4 is 10.6 Å². The Morgan fingerprint density at radius 3 is 2.82 bits per heavy atom. The summed E-state index contributed by atoms with van der Waals surface area (Å²) in [4.78, 5) is 20.4. The molecule has 2 fully saturated rings. The molecule has 120 valence electrons. The van der Waals surface area contributed by atoms with Gasteiger partial charge < -0.3 is 15.4 Å². The third-order valence-corrected chi connectivity index (χ3v) is 5.16. The van der Waals surface area contributed by atoms with E-state index >= 15 is 0 Å². The number of rotatable bonds is 5. The van der Waals surface area contributed by atoms with Crippen molar-refractivity contribution >= 4 is 17.5 Å². The zero-order valence-electron chi connectivity index (χ0n) is 12.9. The lowest BCUT2D eigenvalue weighted by Crippen LogP contribution is -2.67. The summed E-state index contributed by atoms with van der Waals surface area (Å²) in [5.41, 5.74) is 5.60. The Morgan fingerprint density at radius 1 is 1.59 bits per heavy atom. The minimum atomic E-state index is -0.568. The van der Waals surface area contributed by atoms with Crippen LogP contribution in [0.1, 0.15) is 32.6 Å². The van der Waals surface area contributed by atoms with Crippen LogP contribution in [0.25, 0.3) is 0 Å². The quantitative estimate of drug-likeness (QED) is 0.652. The number of hydrogen-bond acceptors (Lipinski definition) is 7. The van der Waals surface area contributed by atoms with Crippen molar-refractivity contribution in [2.75, 3.05) is 24.3 Å². The van der Waals surface area contributed by atoms with Crippen molar-refractivity contribution in [3.63, 3.8) is 0 Å². The van der Waals surface area contributed by atoms with Crippen LogP contribution in [0.4, 0.5) is 17.5 Å². The summed E-state index contributed by atoms with van der Waals surface area (Å²) in [7, 11) is 1.92. The largest absolute Gasteiger partial charge is 0.378 e. The highest BCUT2D eigenvalue weighted by Gasteiger charge is 2.60. The van der Waals surface area contributed by atoms with Crippen LogP contribution in [-0.2, 0) is 4.74 Å². The fourth-order valence-corrected chi connectivity index (χ4v) is 3.77. The molecular formula is C14H21N5O3. The van der Waals surface area contributed by atoms with Gasteiger partial charge in [-0.3, -0.25) is 10.1 Å². The molecule has 2 aliphatic rings. The van der Waals surface area contributed by atoms with Crippen LogP contribution >= 0.6 is 0 Å². The number of aromatic nitrogens is 2. The molecule has 0 unspecified atom stereocenters. The number of anilines is 2. The van der Waals surface area contributed by atoms with E-state index in [0.717, 1.165) is 25.9 Å². The lowest BCUT2D eigenvalue weighted by Gasteiger charge is -2.63. The first-order valence-corrected chi connectivity index (χ1v) is 7.61. The molecule has 1 aromatic heterocycles. The molecular weight excluding hydrogens is 286 g/mol. The second-order valence-electron chi connectivity index (χ2n) is 6.09. The van der Waals surface area contributed by atoms with Crippen molar-refractivity contribution < 1.29 is 9.66 Å². The van der Waals surface area contributed by atoms with Gasteiger partial charge in [0.15, 0.2) is 0 Å². The number of nitrogen functional groups attached to an aromatic ring is 1. The Hall–Kier alpha value is -1.96. The van der Waals surface area contributed by atoms with E-state index in [0.29, 0.717) is 18.1 Å². The summed E-state index contributed by atoms with van der Waals surface area (Å²) < 4.78 is 5.84. The Morgan fingerprint density at radius 2 is 2.32 bits per heavy atom. The minimum Gasteiger partial charge on any atom is -0.378 e. The van der Waals surface area contributed by atoms with Crippen molar-refractivity contribution in [2.45, 2.75) is 44.8 Å². The van der Waals surface area contributed by atoms with Gasteiger partial charge in [0, 0.05) is 25.1 Å². The van der Waals surface area contributed by atoms with Crippen LogP contribution in [0.5, 0.6) is 0 Å². The van der Waals surface area contributed by atoms with Gasteiger partial charge in [-0.1, -0.05) is 6.42 Å². The van der Waals surface area contributed by atoms with Crippen molar-refractivity contribution in [2.24, 2.45) is 5.41 Å². The molecule has 22 heavy (non-hydrogen) atoms. The number of ether oxygens (including phenoxy) is 1. The van der Waals surface area contributed by atoms with E-state index in [9.17, 15) is 10.1 Å². The first-order valence-electron chi connectivity index (χ1n) is 7.61. The van der Waals surface area contributed by atoms with Crippen molar-refractivity contribution in [3.8, 4) is 0 Å². The molecule has 8 nitrogen and oxygen atoms in total. The second-order valence-corrected chi connectivity index (χ2v) is 6.09. The zero-order chi connectivity index (χ0) is 15.9. The SMILES string of the molecule is CCO[C@H]1C[C@H](N(C)c2ncc([N+](=O)[O-])c(N)n2)C12CCC2. The molecule has 2 N–H and O–H groups in total. The van der Waals surface area contributed by atoms with E-state index in [4.69, 9.17) is 10.5 Å². The lowest BCUT2D eigenvalue weighted by molar-refractivity contribution is -0.384. The molecule has 0 bridgehead atoms. The summed E-state index contributed by atoms with van der Waals surface area (Å²) in [5, 5.41) is 10.8. The van der Waals surface area contributed by atoms with Crippen molar-refractivity contribution in [1.82, 2.24) is 9.97 Å². The average Bonchev–Trinajstić information content (AvgIpc) is 2.40. The number of nitrogens with two attached hydrogens (primary N) is 1. The molecule has 0 aliphatic heterocycles. The zero-order valence-corrected chi connectivity index (χ0v) is 12.9. The fourth-order valence-electron chi connectivity index (χ4n) is 3.77. The van der Waals surface area contributed by atoms with Gasteiger partial charge in [-0.05, 0) is 26.2 Å². The molecule has 2 aliphatic carbocycles. The minimum absolute atomic E-state index is 0.0924. The third kappa shape index (κ3) is 2.09. The van der Waals surface area contributed by atoms with Crippen LogP contribution in [0.3, 0.4) is 0 Å². The van der Waals surface area contributed by atoms with Crippen molar-refractivity contribution in [1.29, 1.82) is 0 Å². The number of nitro groups is 1. The summed E-state index contributed by atoms with van der Waals surface area (Å²) in [6.07, 6.45) is 5.93. The Kier molecular flexibility index (Phi) is 3.64. The number of hydrogen-bond donors (Lipinski definition) is 1. The molecule has 0 amide bonds. The molecule has 1 heterocycles. The highest BCUT2D eigenvalue weighted by Crippen LogP contribution is 2.59. The van der Waals surface area contributed by atoms with Gasteiger partial charge in [-0.2, -0.15) is 4.98 Å². The van der Waals surface area contributed by atoms with E-state index in [1.54, 1.807) is 0 Å². The standard InChI is InChI=1S/C14H21N5O3/c1-3-22-11-7-10(14(11)5-4-6-14)18(2)13-16-8-9(19(20)21)12(15)17-13/h8,10-11H,3-7H2,1-2H3,(H2,15,16,17)/t10-,11-/m0/s1. The molecule has 2 saturated carbocycles. The van der Waals surface area contributed by atoms with Crippen LogP contribution in [0.2, 0.25) is 0 Å². The molecule has 1 aromatic rings. The van der Waals surface area contributed by atoms with E-state index in [1.165, 1.54) is 12.6 Å². The van der Waals surface area contributed by atoms with Gasteiger partial charge in [0.25, 0.3) is 0 Å². The van der Waals surface area contributed by atoms with Crippen LogP contribution in [-0.4, -0.2) is 40.7 Å². The molecule has 1 spiro atoms. The Bertz CT molecular complexity index is 590. The second kappa shape index (κ2) is 5.35. The Balaban J connectivity index is 1.79. The summed E-state index contributed by atoms with van der Waals surface area (Å²) in [6.45, 7) is 2.74. The molecule has 3 rings (SSSR count). The Labute approximate surface area is 128 Å².